The number of nitrogens with zero attached hydrogens (tertiary/aromatic N) is 2. The van der Waals surface area contributed by atoms with E-state index in [1.165, 1.54) is 0 Å². The van der Waals surface area contributed by atoms with Crippen molar-refractivity contribution in [3.63, 3.8) is 0 Å². The Kier molecular flexibility index (Phi) is 7.53. The molecule has 2 aliphatic rings. The molecule has 0 aromatic heterocycles. The molecule has 2 aliphatic heterocycles. The highest BCUT2D eigenvalue weighted by molar-refractivity contribution is 6.38. The normalized spacial score (nSPS) is 24.9. The molecule has 0 N–H and O–H groups in total. The molecule has 7 heteroatoms. The summed E-state index contributed by atoms with van der Waals surface area (Å²) in [6.45, 7) is 7.69. The summed E-state index contributed by atoms with van der Waals surface area (Å²) in [4.78, 5) is 14.1. The van der Waals surface area contributed by atoms with Crippen LogP contribution in [0.3, 0.4) is 0 Å². The highest BCUT2D eigenvalue weighted by Crippen LogP contribution is 2.26. The van der Waals surface area contributed by atoms with E-state index in [0.717, 1.165) is 43.7 Å². The fraction of sp³-hybridized carbons (Fsp3) is 0.941. The fourth-order valence-corrected chi connectivity index (χ4v) is 3.25. The zero-order valence-corrected chi connectivity index (χ0v) is 15.3. The Bertz CT molecular complexity index is 388. The molecule has 2 saturated heterocycles. The zero-order chi connectivity index (χ0) is 17.6. The minimum atomic E-state index is -0.0719. The standard InChI is InChI=1S/C17H31BN2O4/c1-17(2)13-18-15(11-24-17)10-23-12-16(21)20-8-5-14(6-9-20)4-7-19(3)22/h14-15H,4-13H2,1-3H3/q-1/t15-/m1/s1. The lowest BCUT2D eigenvalue weighted by atomic mass is 9.57. The van der Waals surface area contributed by atoms with Crippen LogP contribution in [-0.4, -0.2) is 75.3 Å². The van der Waals surface area contributed by atoms with Gasteiger partial charge < -0.3 is 24.6 Å². The number of rotatable bonds is 7. The maximum Gasteiger partial charge on any atom is 0.248 e. The van der Waals surface area contributed by atoms with E-state index in [9.17, 15) is 10.0 Å². The van der Waals surface area contributed by atoms with Gasteiger partial charge in [0.1, 0.15) is 13.9 Å². The van der Waals surface area contributed by atoms with Crippen LogP contribution in [0.2, 0.25) is 12.1 Å². The van der Waals surface area contributed by atoms with Gasteiger partial charge in [-0.05, 0) is 58.4 Å². The number of ether oxygens (including phenoxy) is 2. The molecule has 137 valence electrons. The number of hydrogen-bond donors (Lipinski definition) is 0. The van der Waals surface area contributed by atoms with E-state index in [0.29, 0.717) is 25.7 Å². The lowest BCUT2D eigenvalue weighted by molar-refractivity contribution is -0.138. The molecule has 0 saturated carbocycles. The monoisotopic (exact) mass is 338 g/mol. The zero-order valence-electron chi connectivity index (χ0n) is 15.3. The minimum absolute atomic E-state index is 0.0719. The van der Waals surface area contributed by atoms with Gasteiger partial charge in [-0.3, -0.25) is 4.79 Å². The number of carbonyl (C=O) groups excluding carboxylic acids is 1. The van der Waals surface area contributed by atoms with E-state index in [-0.39, 0.29) is 23.9 Å². The van der Waals surface area contributed by atoms with Crippen LogP contribution in [0.1, 0.15) is 33.1 Å². The average molecular weight is 338 g/mol. The molecule has 1 amide bonds. The third kappa shape index (κ3) is 6.71. The van der Waals surface area contributed by atoms with Crippen molar-refractivity contribution in [2.45, 2.75) is 50.8 Å². The SMILES string of the molecule is CN([O-])CCC1CCN(C(=O)COC[C@H]2[B]CC(C)(C)OC2)CC1. The largest absolute Gasteiger partial charge is 0.785 e. The van der Waals surface area contributed by atoms with Crippen molar-refractivity contribution in [1.82, 2.24) is 9.96 Å². The van der Waals surface area contributed by atoms with Gasteiger partial charge in [-0.1, -0.05) is 6.32 Å². The first kappa shape index (κ1) is 19.7. The maximum atomic E-state index is 12.2. The number of carbonyl (C=O) groups is 1. The Balaban J connectivity index is 1.57. The van der Waals surface area contributed by atoms with Gasteiger partial charge in [0.25, 0.3) is 0 Å². The van der Waals surface area contributed by atoms with Crippen LogP contribution in [0.25, 0.3) is 0 Å². The smallest absolute Gasteiger partial charge is 0.248 e. The second kappa shape index (κ2) is 9.18. The lowest BCUT2D eigenvalue weighted by Gasteiger charge is -2.35. The van der Waals surface area contributed by atoms with Gasteiger partial charge in [-0.25, -0.2) is 0 Å². The van der Waals surface area contributed by atoms with Crippen molar-refractivity contribution in [3.05, 3.63) is 5.21 Å². The van der Waals surface area contributed by atoms with E-state index in [1.54, 1.807) is 7.05 Å². The topological polar surface area (TPSA) is 65.1 Å². The van der Waals surface area contributed by atoms with Crippen LogP contribution in [-0.2, 0) is 14.3 Å². The molecule has 0 unspecified atom stereocenters. The van der Waals surface area contributed by atoms with Crippen LogP contribution in [0.15, 0.2) is 0 Å². The third-order valence-corrected chi connectivity index (χ3v) is 5.01. The molecular weight excluding hydrogens is 307 g/mol. The Hall–Kier alpha value is -0.625. The van der Waals surface area contributed by atoms with Crippen LogP contribution < -0.4 is 0 Å². The summed E-state index contributed by atoms with van der Waals surface area (Å²) in [5, 5.41) is 12.0. The van der Waals surface area contributed by atoms with Crippen LogP contribution in [0.5, 0.6) is 0 Å². The van der Waals surface area contributed by atoms with Gasteiger partial charge in [0.2, 0.25) is 5.91 Å². The van der Waals surface area contributed by atoms with Crippen molar-refractivity contribution in [2.75, 3.05) is 46.5 Å². The molecule has 1 atom stereocenters. The first-order valence-electron chi connectivity index (χ1n) is 9.07. The molecule has 2 rings (SSSR count). The summed E-state index contributed by atoms with van der Waals surface area (Å²) < 4.78 is 11.4. The average Bonchev–Trinajstić information content (AvgIpc) is 2.55. The van der Waals surface area contributed by atoms with Crippen LogP contribution in [0, 0.1) is 11.1 Å². The highest BCUT2D eigenvalue weighted by atomic mass is 16.5. The summed E-state index contributed by atoms with van der Waals surface area (Å²) in [6.07, 6.45) is 3.81. The quantitative estimate of drug-likeness (QED) is 0.523. The van der Waals surface area contributed by atoms with Gasteiger partial charge >= 0.3 is 0 Å². The van der Waals surface area contributed by atoms with Crippen LogP contribution >= 0.6 is 0 Å². The van der Waals surface area contributed by atoms with Crippen LogP contribution in [0.4, 0.5) is 0 Å². The van der Waals surface area contributed by atoms with Gasteiger partial charge in [-0.2, -0.15) is 0 Å². The molecular formula is C17H31BN2O4-. The Morgan fingerprint density at radius 3 is 2.71 bits per heavy atom. The number of likely N-dealkylation sites (tertiary alicyclic amines) is 1. The number of hydroxylamine groups is 2. The fourth-order valence-electron chi connectivity index (χ4n) is 3.25. The summed E-state index contributed by atoms with van der Waals surface area (Å²) >= 11 is 0. The molecule has 0 aromatic carbocycles. The van der Waals surface area contributed by atoms with E-state index in [2.05, 4.69) is 21.1 Å². The van der Waals surface area contributed by atoms with Gasteiger partial charge in [-0.15, -0.1) is 0 Å². The lowest BCUT2D eigenvalue weighted by Crippen LogP contribution is -2.41. The summed E-state index contributed by atoms with van der Waals surface area (Å²) in [6, 6.07) is 0. The number of piperidine rings is 1. The molecule has 6 nitrogen and oxygen atoms in total. The molecule has 2 heterocycles. The maximum absolute atomic E-state index is 12.2. The first-order chi connectivity index (χ1) is 11.4. The molecule has 2 fully saturated rings. The summed E-state index contributed by atoms with van der Waals surface area (Å²) in [5.74, 6) is 0.913. The van der Waals surface area contributed by atoms with E-state index in [1.807, 2.05) is 4.90 Å². The predicted octanol–water partition coefficient (Wildman–Crippen LogP) is 1.78. The Labute approximate surface area is 146 Å². The van der Waals surface area contributed by atoms with Crippen molar-refractivity contribution >= 4 is 13.2 Å². The van der Waals surface area contributed by atoms with Crippen molar-refractivity contribution in [3.8, 4) is 0 Å². The Morgan fingerprint density at radius 1 is 1.42 bits per heavy atom. The van der Waals surface area contributed by atoms with E-state index in [4.69, 9.17) is 9.47 Å². The molecule has 0 spiro atoms. The van der Waals surface area contributed by atoms with E-state index < -0.39 is 0 Å². The Morgan fingerprint density at radius 2 is 2.12 bits per heavy atom. The number of amides is 1. The second-order valence-electron chi connectivity index (χ2n) is 7.75. The van der Waals surface area contributed by atoms with Crippen molar-refractivity contribution < 1.29 is 14.3 Å². The molecule has 1 radical (unpaired) electrons. The van der Waals surface area contributed by atoms with Gasteiger partial charge in [0, 0.05) is 26.3 Å². The summed E-state index contributed by atoms with van der Waals surface area (Å²) in [7, 11) is 3.80. The van der Waals surface area contributed by atoms with E-state index >= 15 is 0 Å². The highest BCUT2D eigenvalue weighted by Gasteiger charge is 2.29. The molecule has 0 bridgehead atoms. The minimum Gasteiger partial charge on any atom is -0.785 e. The molecule has 24 heavy (non-hydrogen) atoms. The van der Waals surface area contributed by atoms with Gasteiger partial charge in [0.15, 0.2) is 0 Å². The number of hydrogen-bond acceptors (Lipinski definition) is 5. The van der Waals surface area contributed by atoms with Gasteiger partial charge in [0.05, 0.1) is 5.60 Å². The first-order valence-corrected chi connectivity index (χ1v) is 9.07. The van der Waals surface area contributed by atoms with Crippen molar-refractivity contribution in [2.24, 2.45) is 5.92 Å². The molecule has 0 aliphatic carbocycles. The molecule has 0 aromatic rings. The summed E-state index contributed by atoms with van der Waals surface area (Å²) in [5.41, 5.74) is -0.0719. The second-order valence-corrected chi connectivity index (χ2v) is 7.75. The van der Waals surface area contributed by atoms with Crippen molar-refractivity contribution in [1.29, 1.82) is 0 Å². The third-order valence-electron chi connectivity index (χ3n) is 5.01. The predicted molar refractivity (Wildman–Crippen MR) is 95.1 cm³/mol.